The van der Waals surface area contributed by atoms with Gasteiger partial charge in [0.1, 0.15) is 6.23 Å². The quantitative estimate of drug-likeness (QED) is 0.246. The third-order valence-electron chi connectivity index (χ3n) is 3.52. The predicted molar refractivity (Wildman–Crippen MR) is 81.3 cm³/mol. The van der Waals surface area contributed by atoms with Gasteiger partial charge >= 0.3 is 8.60 Å². The van der Waals surface area contributed by atoms with Crippen LogP contribution in [0.3, 0.4) is 0 Å². The zero-order valence-corrected chi connectivity index (χ0v) is 12.9. The zero-order valence-electron chi connectivity index (χ0n) is 12.1. The van der Waals surface area contributed by atoms with E-state index in [9.17, 15) is 4.79 Å². The number of fused-ring (bicyclic) bond motifs is 1. The first-order chi connectivity index (χ1) is 11.5. The normalized spacial score (nSPS) is 23.7. The number of imidazole rings is 1. The molecule has 3 heterocycles. The van der Waals surface area contributed by atoms with Gasteiger partial charge in [0.25, 0.3) is 5.56 Å². The summed E-state index contributed by atoms with van der Waals surface area (Å²) in [5, 5.41) is 3.63. The highest BCUT2D eigenvalue weighted by atomic mass is 31.2. The van der Waals surface area contributed by atoms with Crippen LogP contribution in [0.5, 0.6) is 0 Å². The second-order valence-corrected chi connectivity index (χ2v) is 5.72. The van der Waals surface area contributed by atoms with Crippen LogP contribution in [0.25, 0.3) is 21.6 Å². The molecule has 0 aliphatic carbocycles. The van der Waals surface area contributed by atoms with Crippen LogP contribution in [-0.2, 0) is 9.26 Å². The average Bonchev–Trinajstić information content (AvgIpc) is 3.09. The first-order valence-electron chi connectivity index (χ1n) is 6.72. The van der Waals surface area contributed by atoms with Gasteiger partial charge in [0, 0.05) is 11.3 Å². The molecule has 0 saturated carbocycles. The smallest absolute Gasteiger partial charge is 0.327 e. The van der Waals surface area contributed by atoms with E-state index in [1.54, 1.807) is 0 Å². The monoisotopic (exact) mass is 356 g/mol. The van der Waals surface area contributed by atoms with Crippen molar-refractivity contribution in [2.24, 2.45) is 5.11 Å². The first kappa shape index (κ1) is 16.6. The maximum absolute atomic E-state index is 11.8. The SMILES string of the molecule is [N-]=[N+]=N[C@H]1C[C@H](n2cnc3c(=O)[nH]c(N)nc32)O[C@@H]1COP(O)O. The molecular weight excluding hydrogens is 343 g/mol. The van der Waals surface area contributed by atoms with Crippen molar-refractivity contribution in [2.75, 3.05) is 12.3 Å². The Kier molecular flexibility index (Phi) is 4.62. The lowest BCUT2D eigenvalue weighted by Crippen LogP contribution is -2.24. The van der Waals surface area contributed by atoms with E-state index < -0.39 is 32.5 Å². The van der Waals surface area contributed by atoms with E-state index in [4.69, 9.17) is 30.3 Å². The van der Waals surface area contributed by atoms with Crippen molar-refractivity contribution in [3.63, 3.8) is 0 Å². The van der Waals surface area contributed by atoms with E-state index in [1.165, 1.54) is 10.9 Å². The van der Waals surface area contributed by atoms with Gasteiger partial charge in [0.05, 0.1) is 25.1 Å². The van der Waals surface area contributed by atoms with E-state index in [1.807, 2.05) is 0 Å². The lowest BCUT2D eigenvalue weighted by molar-refractivity contribution is -0.0201. The number of nitrogens with two attached hydrogens (primary N) is 1. The Morgan fingerprint density at radius 2 is 2.46 bits per heavy atom. The summed E-state index contributed by atoms with van der Waals surface area (Å²) in [6, 6.07) is -0.591. The fourth-order valence-electron chi connectivity index (χ4n) is 2.52. The molecule has 0 aromatic carbocycles. The zero-order chi connectivity index (χ0) is 17.3. The van der Waals surface area contributed by atoms with Crippen molar-refractivity contribution in [3.05, 3.63) is 27.1 Å². The summed E-state index contributed by atoms with van der Waals surface area (Å²) in [4.78, 5) is 42.6. The van der Waals surface area contributed by atoms with Crippen molar-refractivity contribution >= 4 is 25.7 Å². The van der Waals surface area contributed by atoms with Gasteiger partial charge in [-0.25, -0.2) is 4.98 Å². The number of aromatic nitrogens is 4. The van der Waals surface area contributed by atoms with Crippen LogP contribution in [0.4, 0.5) is 5.95 Å². The summed E-state index contributed by atoms with van der Waals surface area (Å²) >= 11 is 0. The van der Waals surface area contributed by atoms with Crippen LogP contribution >= 0.6 is 8.60 Å². The van der Waals surface area contributed by atoms with Crippen molar-refractivity contribution < 1.29 is 19.0 Å². The number of nitrogen functional groups attached to an aromatic ring is 1. The Labute approximate surface area is 134 Å². The molecule has 0 amide bonds. The summed E-state index contributed by atoms with van der Waals surface area (Å²) in [7, 11) is -2.55. The predicted octanol–water partition coefficient (Wildman–Crippen LogP) is -0.104. The number of H-pyrrole nitrogens is 1. The molecule has 2 aromatic heterocycles. The van der Waals surface area contributed by atoms with Gasteiger partial charge in [0.2, 0.25) is 5.95 Å². The van der Waals surface area contributed by atoms with Crippen LogP contribution in [0.1, 0.15) is 12.6 Å². The average molecular weight is 356 g/mol. The Morgan fingerprint density at radius 1 is 1.67 bits per heavy atom. The molecule has 0 radical (unpaired) electrons. The second kappa shape index (κ2) is 6.69. The van der Waals surface area contributed by atoms with Crippen LogP contribution < -0.4 is 11.3 Å². The molecule has 3 rings (SSSR count). The molecule has 0 spiro atoms. The maximum atomic E-state index is 11.8. The van der Waals surface area contributed by atoms with E-state index in [2.05, 4.69) is 25.0 Å². The van der Waals surface area contributed by atoms with E-state index in [0.717, 1.165) is 0 Å². The Morgan fingerprint density at radius 3 is 3.17 bits per heavy atom. The van der Waals surface area contributed by atoms with Gasteiger partial charge in [-0.1, -0.05) is 5.11 Å². The number of nitrogens with one attached hydrogen (secondary N) is 1. The molecule has 0 bridgehead atoms. The summed E-state index contributed by atoms with van der Waals surface area (Å²) in [5.74, 6) is -0.0649. The molecule has 13 nitrogen and oxygen atoms in total. The number of aromatic amines is 1. The molecular formula is C10H13N8O5P. The van der Waals surface area contributed by atoms with Gasteiger partial charge in [0.15, 0.2) is 11.2 Å². The molecule has 0 unspecified atom stereocenters. The van der Waals surface area contributed by atoms with Crippen LogP contribution in [0.2, 0.25) is 0 Å². The van der Waals surface area contributed by atoms with Gasteiger partial charge in [-0.3, -0.25) is 14.3 Å². The van der Waals surface area contributed by atoms with E-state index >= 15 is 0 Å². The molecule has 1 aliphatic heterocycles. The van der Waals surface area contributed by atoms with Crippen molar-refractivity contribution in [3.8, 4) is 0 Å². The summed E-state index contributed by atoms with van der Waals surface area (Å²) in [5.41, 5.74) is 14.1. The van der Waals surface area contributed by atoms with Crippen LogP contribution in [0, 0.1) is 0 Å². The number of hydrogen-bond donors (Lipinski definition) is 4. The van der Waals surface area contributed by atoms with Gasteiger partial charge in [-0.15, -0.1) is 0 Å². The third kappa shape index (κ3) is 3.17. The fraction of sp³-hybridized carbons (Fsp3) is 0.500. The first-order valence-corrected chi connectivity index (χ1v) is 7.89. The number of ether oxygens (including phenoxy) is 1. The van der Waals surface area contributed by atoms with Crippen LogP contribution in [0.15, 0.2) is 16.2 Å². The summed E-state index contributed by atoms with van der Waals surface area (Å²) in [6.45, 7) is -0.165. The molecule has 5 N–H and O–H groups in total. The molecule has 24 heavy (non-hydrogen) atoms. The largest absolute Gasteiger partial charge is 0.369 e. The molecule has 2 aromatic rings. The van der Waals surface area contributed by atoms with Gasteiger partial charge in [-0.05, 0) is 5.53 Å². The minimum atomic E-state index is -2.55. The van der Waals surface area contributed by atoms with Crippen molar-refractivity contribution in [1.29, 1.82) is 0 Å². The Balaban J connectivity index is 1.90. The topological polar surface area (TPSA) is 197 Å². The standard InChI is InChI=1S/C10H13N8O5P/c11-10-14-8-7(9(19)15-10)13-3-18(8)6-1-4(16-17-12)5(23-6)2-22-24(20)21/h3-6,20-21H,1-2H2,(H3,11,14,15,19)/t4-,5+,6+/m0/s1. The summed E-state index contributed by atoms with van der Waals surface area (Å²) < 4.78 is 12.0. The number of nitrogens with zero attached hydrogens (tertiary/aromatic N) is 6. The highest BCUT2D eigenvalue weighted by Gasteiger charge is 2.37. The van der Waals surface area contributed by atoms with Crippen molar-refractivity contribution in [1.82, 2.24) is 19.5 Å². The highest BCUT2D eigenvalue weighted by molar-refractivity contribution is 7.39. The van der Waals surface area contributed by atoms with Crippen LogP contribution in [-0.4, -0.2) is 48.1 Å². The third-order valence-corrected chi connectivity index (χ3v) is 3.90. The molecule has 3 atom stereocenters. The van der Waals surface area contributed by atoms with Gasteiger partial charge in [-0.2, -0.15) is 4.98 Å². The van der Waals surface area contributed by atoms with Crippen molar-refractivity contribution in [2.45, 2.75) is 24.8 Å². The fourth-order valence-corrected chi connectivity index (χ4v) is 2.80. The number of azide groups is 1. The number of rotatable bonds is 5. The Bertz CT molecular complexity index is 845. The molecule has 14 heteroatoms. The second-order valence-electron chi connectivity index (χ2n) is 4.96. The summed E-state index contributed by atoms with van der Waals surface area (Å²) in [6.07, 6.45) is 0.328. The highest BCUT2D eigenvalue weighted by Crippen LogP contribution is 2.35. The molecule has 1 aliphatic rings. The minimum Gasteiger partial charge on any atom is -0.369 e. The maximum Gasteiger partial charge on any atom is 0.327 e. The molecule has 1 fully saturated rings. The van der Waals surface area contributed by atoms with E-state index in [-0.39, 0.29) is 30.1 Å². The number of anilines is 1. The van der Waals surface area contributed by atoms with Gasteiger partial charge < -0.3 is 24.8 Å². The molecule has 128 valence electrons. The number of hydrogen-bond acceptors (Lipinski definition) is 9. The van der Waals surface area contributed by atoms with E-state index in [0.29, 0.717) is 0 Å². The molecule has 1 saturated heterocycles. The lowest BCUT2D eigenvalue weighted by atomic mass is 10.1. The minimum absolute atomic E-state index is 0.0649. The lowest BCUT2D eigenvalue weighted by Gasteiger charge is -2.16. The Hall–Kier alpha value is -2.27.